The summed E-state index contributed by atoms with van der Waals surface area (Å²) in [4.78, 5) is 0. The van der Waals surface area contributed by atoms with E-state index in [1.807, 2.05) is 0 Å². The number of halogens is 1. The highest BCUT2D eigenvalue weighted by molar-refractivity contribution is 5.50. The molecule has 1 saturated heterocycles. The summed E-state index contributed by atoms with van der Waals surface area (Å²) in [6, 6.07) is 1.37. The number of ether oxygens (including phenoxy) is 2. The molecule has 17 heavy (non-hydrogen) atoms. The molecular formula is C12H16FNO3. The predicted octanol–water partition coefficient (Wildman–Crippen LogP) is 1.51. The highest BCUT2D eigenvalue weighted by Gasteiger charge is 2.23. The fraction of sp³-hybridized carbons (Fsp3) is 0.500. The van der Waals surface area contributed by atoms with E-state index in [1.54, 1.807) is 6.92 Å². The summed E-state index contributed by atoms with van der Waals surface area (Å²) in [6.07, 6.45) is -0.227. The maximum absolute atomic E-state index is 13.7. The summed E-state index contributed by atoms with van der Waals surface area (Å²) in [7, 11) is 1.33. The van der Waals surface area contributed by atoms with E-state index in [0.29, 0.717) is 24.3 Å². The van der Waals surface area contributed by atoms with Gasteiger partial charge in [-0.05, 0) is 18.6 Å². The summed E-state index contributed by atoms with van der Waals surface area (Å²) in [5, 5.41) is 13.0. The summed E-state index contributed by atoms with van der Waals surface area (Å²) in [6.45, 7) is 3.72. The van der Waals surface area contributed by atoms with Crippen molar-refractivity contribution in [3.8, 4) is 11.5 Å². The van der Waals surface area contributed by atoms with Crippen LogP contribution in [0.5, 0.6) is 11.5 Å². The molecule has 1 aromatic carbocycles. The molecule has 0 radical (unpaired) electrons. The van der Waals surface area contributed by atoms with E-state index in [2.05, 4.69) is 5.32 Å². The van der Waals surface area contributed by atoms with E-state index >= 15 is 0 Å². The summed E-state index contributed by atoms with van der Waals surface area (Å²) < 4.78 is 24.1. The molecule has 94 valence electrons. The van der Waals surface area contributed by atoms with Crippen molar-refractivity contribution < 1.29 is 19.0 Å². The summed E-state index contributed by atoms with van der Waals surface area (Å²) >= 11 is 0. The van der Waals surface area contributed by atoms with Crippen LogP contribution in [0.25, 0.3) is 0 Å². The van der Waals surface area contributed by atoms with E-state index in [1.165, 1.54) is 13.2 Å². The Morgan fingerprint density at radius 2 is 2.35 bits per heavy atom. The van der Waals surface area contributed by atoms with Crippen molar-refractivity contribution in [2.45, 2.75) is 13.0 Å². The van der Waals surface area contributed by atoms with Crippen molar-refractivity contribution in [2.75, 3.05) is 26.8 Å². The van der Waals surface area contributed by atoms with Crippen LogP contribution in [0.1, 0.15) is 17.2 Å². The van der Waals surface area contributed by atoms with Crippen molar-refractivity contribution in [3.05, 3.63) is 23.0 Å². The Bertz CT molecular complexity index is 417. The van der Waals surface area contributed by atoms with Crippen LogP contribution in [-0.4, -0.2) is 31.9 Å². The van der Waals surface area contributed by atoms with Crippen molar-refractivity contribution in [1.29, 1.82) is 0 Å². The Hall–Kier alpha value is -1.33. The number of hydrogen-bond donors (Lipinski definition) is 2. The van der Waals surface area contributed by atoms with Gasteiger partial charge in [-0.1, -0.05) is 0 Å². The molecule has 1 atom stereocenters. The number of aromatic hydroxyl groups is 1. The zero-order chi connectivity index (χ0) is 12.4. The van der Waals surface area contributed by atoms with Gasteiger partial charge in [0.15, 0.2) is 17.3 Å². The summed E-state index contributed by atoms with van der Waals surface area (Å²) in [5.41, 5.74) is 1.25. The van der Waals surface area contributed by atoms with E-state index in [9.17, 15) is 9.50 Å². The highest BCUT2D eigenvalue weighted by atomic mass is 19.1. The van der Waals surface area contributed by atoms with Gasteiger partial charge in [-0.15, -0.1) is 0 Å². The zero-order valence-corrected chi connectivity index (χ0v) is 9.92. The van der Waals surface area contributed by atoms with Crippen LogP contribution >= 0.6 is 0 Å². The van der Waals surface area contributed by atoms with Crippen molar-refractivity contribution in [2.24, 2.45) is 0 Å². The van der Waals surface area contributed by atoms with E-state index in [0.717, 1.165) is 6.54 Å². The molecule has 1 aliphatic heterocycles. The molecule has 0 bridgehead atoms. The highest BCUT2D eigenvalue weighted by Crippen LogP contribution is 2.37. The normalized spacial score (nSPS) is 20.3. The molecular weight excluding hydrogens is 225 g/mol. The van der Waals surface area contributed by atoms with Crippen LogP contribution in [0.2, 0.25) is 0 Å². The minimum atomic E-state index is -0.570. The van der Waals surface area contributed by atoms with Crippen LogP contribution < -0.4 is 10.1 Å². The second kappa shape index (κ2) is 4.89. The van der Waals surface area contributed by atoms with E-state index < -0.39 is 5.82 Å². The molecule has 5 heteroatoms. The number of methoxy groups -OCH3 is 1. The average molecular weight is 241 g/mol. The lowest BCUT2D eigenvalue weighted by molar-refractivity contribution is 0.0269. The molecule has 1 heterocycles. The Morgan fingerprint density at radius 1 is 1.59 bits per heavy atom. The second-order valence-corrected chi connectivity index (χ2v) is 4.02. The third-order valence-corrected chi connectivity index (χ3v) is 2.98. The van der Waals surface area contributed by atoms with Crippen LogP contribution in [0.4, 0.5) is 4.39 Å². The minimum Gasteiger partial charge on any atom is -0.504 e. The zero-order valence-electron chi connectivity index (χ0n) is 9.92. The lowest BCUT2D eigenvalue weighted by Crippen LogP contribution is -2.33. The summed E-state index contributed by atoms with van der Waals surface area (Å²) in [5.74, 6) is -0.841. The Labute approximate surface area is 99.4 Å². The molecule has 1 fully saturated rings. The molecule has 2 rings (SSSR count). The first-order valence-corrected chi connectivity index (χ1v) is 5.53. The third-order valence-electron chi connectivity index (χ3n) is 2.98. The molecule has 1 aliphatic rings. The molecule has 0 aliphatic carbocycles. The fourth-order valence-electron chi connectivity index (χ4n) is 2.02. The molecule has 2 N–H and O–H groups in total. The van der Waals surface area contributed by atoms with Gasteiger partial charge in [0, 0.05) is 18.7 Å². The molecule has 0 amide bonds. The number of nitrogens with one attached hydrogen (secondary N) is 1. The largest absolute Gasteiger partial charge is 0.504 e. The minimum absolute atomic E-state index is 0.116. The lowest BCUT2D eigenvalue weighted by atomic mass is 10.0. The van der Waals surface area contributed by atoms with E-state index in [4.69, 9.17) is 9.47 Å². The first-order chi connectivity index (χ1) is 8.15. The van der Waals surface area contributed by atoms with Gasteiger partial charge in [-0.3, -0.25) is 0 Å². The maximum Gasteiger partial charge on any atom is 0.196 e. The Kier molecular flexibility index (Phi) is 3.49. The number of morpholine rings is 1. The van der Waals surface area contributed by atoms with Gasteiger partial charge in [0.2, 0.25) is 0 Å². The lowest BCUT2D eigenvalue weighted by Gasteiger charge is -2.26. The monoisotopic (exact) mass is 241 g/mol. The first kappa shape index (κ1) is 12.1. The average Bonchev–Trinajstić information content (AvgIpc) is 2.35. The molecule has 0 saturated carbocycles. The van der Waals surface area contributed by atoms with Gasteiger partial charge in [0.25, 0.3) is 0 Å². The third kappa shape index (κ3) is 2.21. The van der Waals surface area contributed by atoms with Crippen molar-refractivity contribution in [3.63, 3.8) is 0 Å². The Balaban J connectivity index is 2.40. The molecule has 4 nitrogen and oxygen atoms in total. The second-order valence-electron chi connectivity index (χ2n) is 4.02. The molecule has 1 unspecified atom stereocenters. The molecule has 0 spiro atoms. The number of phenolic OH excluding ortho intramolecular Hbond substituents is 1. The van der Waals surface area contributed by atoms with E-state index in [-0.39, 0.29) is 17.6 Å². The van der Waals surface area contributed by atoms with Gasteiger partial charge in [0.1, 0.15) is 0 Å². The Morgan fingerprint density at radius 3 is 2.94 bits per heavy atom. The molecule has 1 aromatic rings. The maximum atomic E-state index is 13.7. The van der Waals surface area contributed by atoms with Gasteiger partial charge in [0.05, 0.1) is 19.8 Å². The fourth-order valence-corrected chi connectivity index (χ4v) is 2.02. The predicted molar refractivity (Wildman–Crippen MR) is 60.9 cm³/mol. The van der Waals surface area contributed by atoms with Gasteiger partial charge in [-0.2, -0.15) is 0 Å². The number of benzene rings is 1. The SMILES string of the molecule is COc1c(F)cc(C2CNCCO2)c(C)c1O. The van der Waals surface area contributed by atoms with Gasteiger partial charge >= 0.3 is 0 Å². The molecule has 0 aromatic heterocycles. The van der Waals surface area contributed by atoms with Gasteiger partial charge in [-0.25, -0.2) is 4.39 Å². The van der Waals surface area contributed by atoms with Gasteiger partial charge < -0.3 is 19.9 Å². The standard InChI is InChI=1S/C12H16FNO3/c1-7-8(10-6-14-3-4-17-10)5-9(13)12(16-2)11(7)15/h5,10,14-15H,3-4,6H2,1-2H3. The van der Waals surface area contributed by atoms with Crippen LogP contribution in [0.3, 0.4) is 0 Å². The quantitative estimate of drug-likeness (QED) is 0.824. The van der Waals surface area contributed by atoms with Crippen LogP contribution in [0.15, 0.2) is 6.07 Å². The topological polar surface area (TPSA) is 50.7 Å². The number of rotatable bonds is 2. The van der Waals surface area contributed by atoms with Crippen LogP contribution in [0, 0.1) is 12.7 Å². The van der Waals surface area contributed by atoms with Crippen molar-refractivity contribution >= 4 is 0 Å². The first-order valence-electron chi connectivity index (χ1n) is 5.53. The number of phenols is 1. The number of hydrogen-bond acceptors (Lipinski definition) is 4. The smallest absolute Gasteiger partial charge is 0.196 e. The van der Waals surface area contributed by atoms with Crippen LogP contribution in [-0.2, 0) is 4.74 Å². The van der Waals surface area contributed by atoms with Crippen molar-refractivity contribution in [1.82, 2.24) is 5.32 Å².